The number of fused-ring (bicyclic) bond motifs is 1. The molecular weight excluding hydrogens is 330 g/mol. The molecule has 0 N–H and O–H groups in total. The summed E-state index contributed by atoms with van der Waals surface area (Å²) in [7, 11) is 0. The minimum atomic E-state index is -0.0479. The maximum Gasteiger partial charge on any atom is 0.274 e. The fourth-order valence-corrected chi connectivity index (χ4v) is 3.24. The van der Waals surface area contributed by atoms with Crippen LogP contribution in [-0.2, 0) is 0 Å². The number of para-hydroxylation sites is 2. The molecule has 1 amide bonds. The molecule has 1 aromatic carbocycles. The van der Waals surface area contributed by atoms with Crippen molar-refractivity contribution in [2.24, 2.45) is 0 Å². The van der Waals surface area contributed by atoms with Crippen molar-refractivity contribution >= 4 is 17.2 Å². The van der Waals surface area contributed by atoms with Gasteiger partial charge in [-0.05, 0) is 25.1 Å². The standard InChI is InChI=1S/C19H21N5O2/c1-2-26-17-7-4-3-6-16(17)22-10-12-23(13-11-22)19(25)15-14-18-20-8-5-9-24(18)21-15/h3-9,14H,2,10-13H2,1H3. The molecule has 0 atom stereocenters. The Morgan fingerprint density at radius 2 is 1.96 bits per heavy atom. The van der Waals surface area contributed by atoms with Gasteiger partial charge in [-0.1, -0.05) is 12.1 Å². The van der Waals surface area contributed by atoms with Crippen molar-refractivity contribution in [3.8, 4) is 5.75 Å². The first kappa shape index (κ1) is 16.4. The largest absolute Gasteiger partial charge is 0.492 e. The van der Waals surface area contributed by atoms with Gasteiger partial charge in [-0.3, -0.25) is 4.79 Å². The Bertz CT molecular complexity index is 882. The van der Waals surface area contributed by atoms with Gasteiger partial charge in [0.25, 0.3) is 5.91 Å². The zero-order valence-electron chi connectivity index (χ0n) is 14.7. The van der Waals surface area contributed by atoms with Gasteiger partial charge >= 0.3 is 0 Å². The van der Waals surface area contributed by atoms with Crippen molar-refractivity contribution in [1.29, 1.82) is 0 Å². The van der Waals surface area contributed by atoms with Crippen LogP contribution in [0, 0.1) is 0 Å². The number of carbonyl (C=O) groups is 1. The van der Waals surface area contributed by atoms with Crippen LogP contribution < -0.4 is 9.64 Å². The molecule has 1 saturated heterocycles. The van der Waals surface area contributed by atoms with Crippen LogP contribution in [0.25, 0.3) is 5.65 Å². The number of piperazine rings is 1. The minimum Gasteiger partial charge on any atom is -0.492 e. The summed E-state index contributed by atoms with van der Waals surface area (Å²) in [5, 5.41) is 4.33. The van der Waals surface area contributed by atoms with Gasteiger partial charge in [-0.25, -0.2) is 9.50 Å². The van der Waals surface area contributed by atoms with E-state index in [1.807, 2.05) is 30.0 Å². The van der Waals surface area contributed by atoms with Crippen LogP contribution in [0.15, 0.2) is 48.8 Å². The lowest BCUT2D eigenvalue weighted by atomic mass is 10.2. The molecule has 4 rings (SSSR count). The van der Waals surface area contributed by atoms with Gasteiger partial charge in [0.2, 0.25) is 0 Å². The number of benzene rings is 1. The molecule has 1 fully saturated rings. The van der Waals surface area contributed by atoms with E-state index >= 15 is 0 Å². The summed E-state index contributed by atoms with van der Waals surface area (Å²) in [5.74, 6) is 0.842. The minimum absolute atomic E-state index is 0.0479. The summed E-state index contributed by atoms with van der Waals surface area (Å²) in [5.41, 5.74) is 2.20. The van der Waals surface area contributed by atoms with Crippen LogP contribution in [0.1, 0.15) is 17.4 Å². The first-order valence-corrected chi connectivity index (χ1v) is 8.82. The monoisotopic (exact) mass is 351 g/mol. The Kier molecular flexibility index (Phi) is 4.43. The van der Waals surface area contributed by atoms with E-state index < -0.39 is 0 Å². The second-order valence-corrected chi connectivity index (χ2v) is 6.13. The normalized spacial score (nSPS) is 14.7. The zero-order valence-corrected chi connectivity index (χ0v) is 14.7. The highest BCUT2D eigenvalue weighted by atomic mass is 16.5. The second-order valence-electron chi connectivity index (χ2n) is 6.13. The maximum atomic E-state index is 12.8. The fraction of sp³-hybridized carbons (Fsp3) is 0.316. The van der Waals surface area contributed by atoms with Crippen molar-refractivity contribution in [2.75, 3.05) is 37.7 Å². The van der Waals surface area contributed by atoms with Gasteiger partial charge < -0.3 is 14.5 Å². The molecule has 0 saturated carbocycles. The Hall–Kier alpha value is -3.09. The molecule has 2 aromatic heterocycles. The van der Waals surface area contributed by atoms with Crippen molar-refractivity contribution in [3.63, 3.8) is 0 Å². The number of anilines is 1. The average Bonchev–Trinajstić information content (AvgIpc) is 3.12. The van der Waals surface area contributed by atoms with E-state index in [9.17, 15) is 4.79 Å². The smallest absolute Gasteiger partial charge is 0.274 e. The molecule has 7 nitrogen and oxygen atoms in total. The summed E-state index contributed by atoms with van der Waals surface area (Å²) in [6.07, 6.45) is 3.49. The topological polar surface area (TPSA) is 63.0 Å². The summed E-state index contributed by atoms with van der Waals surface area (Å²) in [6.45, 7) is 5.46. The lowest BCUT2D eigenvalue weighted by Crippen LogP contribution is -2.49. The van der Waals surface area contributed by atoms with E-state index in [0.29, 0.717) is 31.0 Å². The third-order valence-corrected chi connectivity index (χ3v) is 4.53. The van der Waals surface area contributed by atoms with Crippen LogP contribution >= 0.6 is 0 Å². The van der Waals surface area contributed by atoms with Crippen molar-refractivity contribution in [1.82, 2.24) is 19.5 Å². The first-order chi connectivity index (χ1) is 12.8. The Labute approximate surface area is 151 Å². The molecule has 1 aliphatic heterocycles. The number of nitrogens with zero attached hydrogens (tertiary/aromatic N) is 5. The van der Waals surface area contributed by atoms with Gasteiger partial charge in [-0.15, -0.1) is 0 Å². The number of hydrogen-bond acceptors (Lipinski definition) is 5. The third-order valence-electron chi connectivity index (χ3n) is 4.53. The highest BCUT2D eigenvalue weighted by Gasteiger charge is 2.25. The third kappa shape index (κ3) is 3.08. The van der Waals surface area contributed by atoms with Gasteiger partial charge in [0.05, 0.1) is 12.3 Å². The Morgan fingerprint density at radius 3 is 2.73 bits per heavy atom. The lowest BCUT2D eigenvalue weighted by molar-refractivity contribution is 0.0740. The molecule has 0 radical (unpaired) electrons. The SMILES string of the molecule is CCOc1ccccc1N1CCN(C(=O)c2cc3ncccn3n2)CC1. The van der Waals surface area contributed by atoms with E-state index in [-0.39, 0.29) is 5.91 Å². The highest BCUT2D eigenvalue weighted by Crippen LogP contribution is 2.29. The number of aromatic nitrogens is 3. The van der Waals surface area contributed by atoms with Gasteiger partial charge in [0.15, 0.2) is 11.3 Å². The second kappa shape index (κ2) is 7.03. The summed E-state index contributed by atoms with van der Waals surface area (Å²) < 4.78 is 7.35. The van der Waals surface area contributed by atoms with Crippen molar-refractivity contribution in [2.45, 2.75) is 6.92 Å². The molecular formula is C19H21N5O2. The highest BCUT2D eigenvalue weighted by molar-refractivity contribution is 5.93. The van der Waals surface area contributed by atoms with Gasteiger partial charge in [-0.2, -0.15) is 5.10 Å². The molecule has 0 spiro atoms. The van der Waals surface area contributed by atoms with Crippen LogP contribution in [0.5, 0.6) is 5.75 Å². The van der Waals surface area contributed by atoms with Gasteiger partial charge in [0.1, 0.15) is 5.75 Å². The number of carbonyl (C=O) groups excluding carboxylic acids is 1. The Morgan fingerprint density at radius 1 is 1.15 bits per heavy atom. The average molecular weight is 351 g/mol. The number of hydrogen-bond donors (Lipinski definition) is 0. The predicted octanol–water partition coefficient (Wildman–Crippen LogP) is 2.09. The summed E-state index contributed by atoms with van der Waals surface area (Å²) in [4.78, 5) is 21.1. The molecule has 26 heavy (non-hydrogen) atoms. The first-order valence-electron chi connectivity index (χ1n) is 8.82. The Balaban J connectivity index is 1.45. The molecule has 1 aliphatic rings. The molecule has 3 heterocycles. The quantitative estimate of drug-likeness (QED) is 0.720. The van der Waals surface area contributed by atoms with Crippen molar-refractivity contribution in [3.05, 3.63) is 54.5 Å². The molecule has 7 heteroatoms. The van der Waals surface area contributed by atoms with E-state index in [1.165, 1.54) is 0 Å². The van der Waals surface area contributed by atoms with E-state index in [4.69, 9.17) is 4.74 Å². The lowest BCUT2D eigenvalue weighted by Gasteiger charge is -2.36. The van der Waals surface area contributed by atoms with Crippen LogP contribution in [0.3, 0.4) is 0 Å². The zero-order chi connectivity index (χ0) is 17.9. The molecule has 0 aliphatic carbocycles. The number of ether oxygens (including phenoxy) is 1. The van der Waals surface area contributed by atoms with E-state index in [1.54, 1.807) is 29.0 Å². The molecule has 0 bridgehead atoms. The summed E-state index contributed by atoms with van der Waals surface area (Å²) in [6, 6.07) is 11.6. The van der Waals surface area contributed by atoms with E-state index in [0.717, 1.165) is 24.5 Å². The van der Waals surface area contributed by atoms with Crippen LogP contribution in [-0.4, -0.2) is 58.2 Å². The summed E-state index contributed by atoms with van der Waals surface area (Å²) >= 11 is 0. The van der Waals surface area contributed by atoms with E-state index in [2.05, 4.69) is 21.0 Å². The number of amides is 1. The fourth-order valence-electron chi connectivity index (χ4n) is 3.24. The molecule has 3 aromatic rings. The molecule has 0 unspecified atom stereocenters. The van der Waals surface area contributed by atoms with Crippen LogP contribution in [0.4, 0.5) is 5.69 Å². The van der Waals surface area contributed by atoms with Crippen molar-refractivity contribution < 1.29 is 9.53 Å². The predicted molar refractivity (Wildman–Crippen MR) is 98.7 cm³/mol. The van der Waals surface area contributed by atoms with Gasteiger partial charge in [0, 0.05) is 44.6 Å². The number of rotatable bonds is 4. The van der Waals surface area contributed by atoms with Crippen LogP contribution in [0.2, 0.25) is 0 Å². The molecule has 134 valence electrons. The maximum absolute atomic E-state index is 12.8.